The molecular weight excluding hydrogens is 272 g/mol. The number of nitrogens with zero attached hydrogens (tertiary/aromatic N) is 2. The van der Waals surface area contributed by atoms with Crippen LogP contribution in [0.4, 0.5) is 0 Å². The van der Waals surface area contributed by atoms with E-state index >= 15 is 0 Å². The van der Waals surface area contributed by atoms with E-state index in [0.717, 1.165) is 24.3 Å². The predicted molar refractivity (Wildman–Crippen MR) is 82.4 cm³/mol. The molecule has 1 heterocycles. The number of benzene rings is 1. The standard InChI is InChI=1S/C16H21ClN2O/c1-13(2)16-14(11-17)12-18-19(16)9-6-10-20-15-7-4-3-5-8-15/h3-5,7-8,12-13H,6,9-11H2,1-2H3. The molecule has 108 valence electrons. The maximum atomic E-state index is 5.95. The summed E-state index contributed by atoms with van der Waals surface area (Å²) in [5.74, 6) is 1.87. The molecule has 0 fully saturated rings. The first-order chi connectivity index (χ1) is 9.72. The number of hydrogen-bond acceptors (Lipinski definition) is 2. The van der Waals surface area contributed by atoms with Gasteiger partial charge < -0.3 is 4.74 Å². The van der Waals surface area contributed by atoms with Gasteiger partial charge in [-0.05, 0) is 18.1 Å². The van der Waals surface area contributed by atoms with Crippen LogP contribution < -0.4 is 4.74 Å². The van der Waals surface area contributed by atoms with Crippen molar-refractivity contribution in [1.82, 2.24) is 9.78 Å². The van der Waals surface area contributed by atoms with Crippen LogP contribution in [0.15, 0.2) is 36.5 Å². The molecule has 20 heavy (non-hydrogen) atoms. The summed E-state index contributed by atoms with van der Waals surface area (Å²) in [5, 5.41) is 4.43. The highest BCUT2D eigenvalue weighted by molar-refractivity contribution is 6.17. The highest BCUT2D eigenvalue weighted by atomic mass is 35.5. The molecule has 0 unspecified atom stereocenters. The first kappa shape index (κ1) is 14.9. The molecule has 0 amide bonds. The van der Waals surface area contributed by atoms with Gasteiger partial charge in [0.25, 0.3) is 0 Å². The van der Waals surface area contributed by atoms with Gasteiger partial charge in [-0.2, -0.15) is 5.10 Å². The van der Waals surface area contributed by atoms with Crippen molar-refractivity contribution >= 4 is 11.6 Å². The Morgan fingerprint density at radius 3 is 2.65 bits per heavy atom. The lowest BCUT2D eigenvalue weighted by molar-refractivity contribution is 0.297. The van der Waals surface area contributed by atoms with Crippen LogP contribution in [0.3, 0.4) is 0 Å². The Morgan fingerprint density at radius 2 is 2.00 bits per heavy atom. The zero-order valence-corrected chi connectivity index (χ0v) is 12.8. The van der Waals surface area contributed by atoms with Crippen molar-refractivity contribution < 1.29 is 4.74 Å². The topological polar surface area (TPSA) is 27.1 Å². The lowest BCUT2D eigenvalue weighted by Gasteiger charge is -2.12. The van der Waals surface area contributed by atoms with Gasteiger partial charge in [0.05, 0.1) is 18.7 Å². The van der Waals surface area contributed by atoms with Crippen molar-refractivity contribution in [2.24, 2.45) is 0 Å². The molecule has 0 aliphatic heterocycles. The van der Waals surface area contributed by atoms with Crippen molar-refractivity contribution in [2.75, 3.05) is 6.61 Å². The number of para-hydroxylation sites is 1. The van der Waals surface area contributed by atoms with E-state index in [1.165, 1.54) is 5.69 Å². The van der Waals surface area contributed by atoms with E-state index in [-0.39, 0.29) is 0 Å². The second-order valence-electron chi connectivity index (χ2n) is 5.08. The van der Waals surface area contributed by atoms with Gasteiger partial charge in [-0.3, -0.25) is 4.68 Å². The van der Waals surface area contributed by atoms with Crippen LogP contribution in [0.1, 0.15) is 37.4 Å². The fourth-order valence-electron chi connectivity index (χ4n) is 2.30. The van der Waals surface area contributed by atoms with Crippen molar-refractivity contribution in [1.29, 1.82) is 0 Å². The monoisotopic (exact) mass is 292 g/mol. The normalized spacial score (nSPS) is 11.0. The molecular formula is C16H21ClN2O. The van der Waals surface area contributed by atoms with E-state index in [1.807, 2.05) is 36.5 Å². The predicted octanol–water partition coefficient (Wildman–Crippen LogP) is 4.21. The summed E-state index contributed by atoms with van der Waals surface area (Å²) < 4.78 is 7.75. The van der Waals surface area contributed by atoms with Crippen molar-refractivity contribution in [3.63, 3.8) is 0 Å². The lowest BCUT2D eigenvalue weighted by atomic mass is 10.1. The minimum Gasteiger partial charge on any atom is -0.494 e. The molecule has 4 heteroatoms. The van der Waals surface area contributed by atoms with Gasteiger partial charge in [-0.15, -0.1) is 11.6 Å². The maximum absolute atomic E-state index is 5.95. The van der Waals surface area contributed by atoms with Crippen LogP contribution in [0.2, 0.25) is 0 Å². The summed E-state index contributed by atoms with van der Waals surface area (Å²) >= 11 is 5.95. The number of halogens is 1. The Kier molecular flexibility index (Phi) is 5.48. The van der Waals surface area contributed by atoms with E-state index in [1.54, 1.807) is 0 Å². The van der Waals surface area contributed by atoms with Crippen molar-refractivity contribution in [3.05, 3.63) is 47.8 Å². The Labute approximate surface area is 125 Å². The third-order valence-electron chi connectivity index (χ3n) is 3.18. The molecule has 1 aromatic carbocycles. The summed E-state index contributed by atoms with van der Waals surface area (Å²) in [5.41, 5.74) is 2.37. The minimum absolute atomic E-state index is 0.432. The smallest absolute Gasteiger partial charge is 0.119 e. The molecule has 0 atom stereocenters. The van der Waals surface area contributed by atoms with Gasteiger partial charge >= 0.3 is 0 Å². The van der Waals surface area contributed by atoms with E-state index in [2.05, 4.69) is 23.6 Å². The van der Waals surface area contributed by atoms with Gasteiger partial charge in [0.2, 0.25) is 0 Å². The molecule has 0 N–H and O–H groups in total. The third kappa shape index (κ3) is 3.76. The number of aryl methyl sites for hydroxylation is 1. The largest absolute Gasteiger partial charge is 0.494 e. The molecule has 0 bridgehead atoms. The Hall–Kier alpha value is -1.48. The average molecular weight is 293 g/mol. The molecule has 3 nitrogen and oxygen atoms in total. The number of alkyl halides is 1. The van der Waals surface area contributed by atoms with Gasteiger partial charge in [0.1, 0.15) is 5.75 Å². The van der Waals surface area contributed by atoms with Crippen LogP contribution in [0.5, 0.6) is 5.75 Å². The molecule has 0 spiro atoms. The van der Waals surface area contributed by atoms with Gasteiger partial charge in [0, 0.05) is 24.2 Å². The number of hydrogen-bond donors (Lipinski definition) is 0. The molecule has 0 saturated heterocycles. The lowest BCUT2D eigenvalue weighted by Crippen LogP contribution is -2.10. The van der Waals surface area contributed by atoms with Crippen LogP contribution in [-0.2, 0) is 12.4 Å². The molecule has 1 aromatic heterocycles. The van der Waals surface area contributed by atoms with E-state index in [4.69, 9.17) is 16.3 Å². The zero-order valence-electron chi connectivity index (χ0n) is 12.1. The van der Waals surface area contributed by atoms with E-state index < -0.39 is 0 Å². The molecule has 2 rings (SSSR count). The van der Waals surface area contributed by atoms with E-state index in [9.17, 15) is 0 Å². The molecule has 0 radical (unpaired) electrons. The maximum Gasteiger partial charge on any atom is 0.119 e. The average Bonchev–Trinajstić information content (AvgIpc) is 2.88. The van der Waals surface area contributed by atoms with Crippen LogP contribution in [0.25, 0.3) is 0 Å². The first-order valence-corrected chi connectivity index (χ1v) is 7.54. The SMILES string of the molecule is CC(C)c1c(CCl)cnn1CCCOc1ccccc1. The van der Waals surface area contributed by atoms with Crippen LogP contribution in [-0.4, -0.2) is 16.4 Å². The van der Waals surface area contributed by atoms with Crippen LogP contribution >= 0.6 is 11.6 Å². The van der Waals surface area contributed by atoms with Gasteiger partial charge in [-0.25, -0.2) is 0 Å². The first-order valence-electron chi connectivity index (χ1n) is 7.00. The molecule has 2 aromatic rings. The van der Waals surface area contributed by atoms with Crippen molar-refractivity contribution in [2.45, 2.75) is 38.6 Å². The fraction of sp³-hybridized carbons (Fsp3) is 0.438. The Morgan fingerprint density at radius 1 is 1.25 bits per heavy atom. The molecule has 0 aliphatic rings. The second kappa shape index (κ2) is 7.34. The van der Waals surface area contributed by atoms with Gasteiger partial charge in [-0.1, -0.05) is 32.0 Å². The summed E-state index contributed by atoms with van der Waals surface area (Å²) in [6.07, 6.45) is 2.80. The molecule has 0 saturated carbocycles. The Bertz CT molecular complexity index is 523. The highest BCUT2D eigenvalue weighted by Crippen LogP contribution is 2.21. The summed E-state index contributed by atoms with van der Waals surface area (Å²) in [4.78, 5) is 0. The highest BCUT2D eigenvalue weighted by Gasteiger charge is 2.13. The fourth-order valence-corrected chi connectivity index (χ4v) is 2.51. The third-order valence-corrected chi connectivity index (χ3v) is 3.47. The van der Waals surface area contributed by atoms with Crippen molar-refractivity contribution in [3.8, 4) is 5.75 Å². The number of ether oxygens (including phenoxy) is 1. The minimum atomic E-state index is 0.432. The molecule has 0 aliphatic carbocycles. The number of aromatic nitrogens is 2. The summed E-state index contributed by atoms with van der Waals surface area (Å²) in [7, 11) is 0. The Balaban J connectivity index is 1.87. The zero-order chi connectivity index (χ0) is 14.4. The van der Waals surface area contributed by atoms with E-state index in [0.29, 0.717) is 18.4 Å². The quantitative estimate of drug-likeness (QED) is 0.564. The summed E-state index contributed by atoms with van der Waals surface area (Å²) in [6, 6.07) is 9.89. The number of rotatable bonds is 7. The van der Waals surface area contributed by atoms with Gasteiger partial charge in [0.15, 0.2) is 0 Å². The summed E-state index contributed by atoms with van der Waals surface area (Å²) in [6.45, 7) is 5.89. The second-order valence-corrected chi connectivity index (χ2v) is 5.35. The van der Waals surface area contributed by atoms with Crippen LogP contribution in [0, 0.1) is 0 Å².